The van der Waals surface area contributed by atoms with Crippen LogP contribution in [0.2, 0.25) is 0 Å². The van der Waals surface area contributed by atoms with E-state index in [2.05, 4.69) is 59.9 Å². The molecule has 13 heteroatoms. The highest BCUT2D eigenvalue weighted by Gasteiger charge is 2.22. The molecule has 0 saturated heterocycles. The van der Waals surface area contributed by atoms with Gasteiger partial charge in [-0.3, -0.25) is 15.0 Å². The first-order chi connectivity index (χ1) is 20.0. The van der Waals surface area contributed by atoms with E-state index < -0.39 is 6.23 Å². The molecule has 3 aromatic rings. The van der Waals surface area contributed by atoms with E-state index >= 15 is 0 Å². The van der Waals surface area contributed by atoms with E-state index in [1.165, 1.54) is 6.33 Å². The lowest BCUT2D eigenvalue weighted by Gasteiger charge is -2.17. The zero-order valence-corrected chi connectivity index (χ0v) is 23.1. The van der Waals surface area contributed by atoms with Crippen LogP contribution in [0.4, 0.5) is 29.0 Å². The number of anilines is 4. The quantitative estimate of drug-likeness (QED) is 0.0874. The minimum atomic E-state index is -1.27. The fourth-order valence-corrected chi connectivity index (χ4v) is 4.24. The molecule has 0 bridgehead atoms. The molecule has 2 heterocycles. The maximum atomic E-state index is 12.8. The molecule has 1 aliphatic heterocycles. The predicted octanol–water partition coefficient (Wildman–Crippen LogP) is 4.10. The minimum absolute atomic E-state index is 0.0161. The summed E-state index contributed by atoms with van der Waals surface area (Å²) < 4.78 is 5.10. The Kier molecular flexibility index (Phi) is 10.4. The zero-order chi connectivity index (χ0) is 29.0. The summed E-state index contributed by atoms with van der Waals surface area (Å²) in [6.07, 6.45) is 2.18. The van der Waals surface area contributed by atoms with Crippen molar-refractivity contribution in [3.8, 4) is 0 Å². The van der Waals surface area contributed by atoms with Gasteiger partial charge < -0.3 is 25.6 Å². The molecule has 13 nitrogen and oxygen atoms in total. The summed E-state index contributed by atoms with van der Waals surface area (Å²) in [5.74, 6) is 0.457. The number of Topliss-reactive ketones (excluding diaryl/α,β-unsaturated/α-hetero) is 1. The zero-order valence-electron chi connectivity index (χ0n) is 23.1. The second kappa shape index (κ2) is 14.6. The van der Waals surface area contributed by atoms with Crippen LogP contribution < -0.4 is 16.0 Å². The fourth-order valence-electron chi connectivity index (χ4n) is 4.24. The molecule has 4 rings (SSSR count). The molecule has 0 spiro atoms. The smallest absolute Gasteiger partial charge is 0.268 e. The number of ketones is 1. The summed E-state index contributed by atoms with van der Waals surface area (Å²) in [7, 11) is 0. The number of hydrogen-bond donors (Lipinski definition) is 4. The largest absolute Gasteiger partial charge is 0.450 e. The summed E-state index contributed by atoms with van der Waals surface area (Å²) in [5.41, 5.74) is 3.53. The lowest BCUT2D eigenvalue weighted by Crippen LogP contribution is -2.25. The third-order valence-corrected chi connectivity index (χ3v) is 6.45. The number of rotatable bonds is 16. The number of ether oxygens (including phenoxy) is 1. The second-order valence-electron chi connectivity index (χ2n) is 9.29. The Bertz CT molecular complexity index is 1380. The standard InChI is InChI=1S/C28H34N10O3/c1-3-38(4-2)13-5-12-30-27-31-18-32-28(35-27)33-21-8-10-22(11-9-21)36-37-26(41-17-29)24(39)15-19-6-7-20-16-25(40)34-23(20)14-19/h6-11,14,17-18,26,29H,3-5,12-13,15-16H2,1-2H3,(H,34,40)(H2,30,31,32,33,35). The SMILES string of the molecule is CCN(CC)CCCNc1ncnc(Nc2ccc(N=NC(OC=N)C(=O)Cc3ccc4c(c3)NC(=O)C4)cc2)n1. The topological polar surface area (TPSA) is 170 Å². The molecule has 1 unspecified atom stereocenters. The molecule has 1 aromatic heterocycles. The molecule has 2 aromatic carbocycles. The number of carbonyl (C=O) groups is 2. The Hall–Kier alpha value is -4.78. The van der Waals surface area contributed by atoms with Crippen molar-refractivity contribution in [1.29, 1.82) is 5.41 Å². The Morgan fingerprint density at radius 3 is 2.71 bits per heavy atom. The summed E-state index contributed by atoms with van der Waals surface area (Å²) in [5, 5.41) is 24.5. The molecule has 214 valence electrons. The Balaban J connectivity index is 1.30. The van der Waals surface area contributed by atoms with Crippen LogP contribution in [0, 0.1) is 5.41 Å². The maximum absolute atomic E-state index is 12.8. The van der Waals surface area contributed by atoms with Crippen molar-refractivity contribution in [1.82, 2.24) is 19.9 Å². The van der Waals surface area contributed by atoms with Crippen molar-refractivity contribution in [3.63, 3.8) is 0 Å². The Morgan fingerprint density at radius 2 is 1.95 bits per heavy atom. The van der Waals surface area contributed by atoms with Crippen LogP contribution in [0.3, 0.4) is 0 Å². The fraction of sp³-hybridized carbons (Fsp3) is 0.357. The van der Waals surface area contributed by atoms with E-state index in [-0.39, 0.29) is 18.1 Å². The predicted molar refractivity (Wildman–Crippen MR) is 156 cm³/mol. The van der Waals surface area contributed by atoms with Gasteiger partial charge in [0.05, 0.1) is 12.1 Å². The highest BCUT2D eigenvalue weighted by Crippen LogP contribution is 2.25. The van der Waals surface area contributed by atoms with Gasteiger partial charge in [0, 0.05) is 24.3 Å². The molecule has 0 fully saturated rings. The van der Waals surface area contributed by atoms with Crippen LogP contribution in [0.25, 0.3) is 0 Å². The van der Waals surface area contributed by atoms with Gasteiger partial charge in [-0.1, -0.05) is 26.0 Å². The summed E-state index contributed by atoms with van der Waals surface area (Å²) in [4.78, 5) is 39.5. The van der Waals surface area contributed by atoms with Crippen molar-refractivity contribution in [2.75, 3.05) is 42.1 Å². The van der Waals surface area contributed by atoms with Crippen LogP contribution in [0.1, 0.15) is 31.4 Å². The van der Waals surface area contributed by atoms with Gasteiger partial charge in [0.2, 0.25) is 23.6 Å². The molecule has 1 atom stereocenters. The van der Waals surface area contributed by atoms with E-state index in [1.54, 1.807) is 36.4 Å². The van der Waals surface area contributed by atoms with Gasteiger partial charge in [-0.25, -0.2) is 9.97 Å². The first kappa shape index (κ1) is 29.2. The number of benzene rings is 2. The summed E-state index contributed by atoms with van der Waals surface area (Å²) in [6.45, 7) is 8.15. The molecular formula is C28H34N10O3. The lowest BCUT2D eigenvalue weighted by atomic mass is 10.0. The monoisotopic (exact) mass is 558 g/mol. The lowest BCUT2D eigenvalue weighted by molar-refractivity contribution is -0.125. The number of nitrogens with one attached hydrogen (secondary N) is 4. The number of fused-ring (bicyclic) bond motifs is 1. The van der Waals surface area contributed by atoms with Crippen molar-refractivity contribution < 1.29 is 14.3 Å². The molecule has 1 aliphatic rings. The average Bonchev–Trinajstić information content (AvgIpc) is 3.35. The Morgan fingerprint density at radius 1 is 1.17 bits per heavy atom. The van der Waals surface area contributed by atoms with E-state index in [1.807, 2.05) is 6.07 Å². The molecule has 41 heavy (non-hydrogen) atoms. The number of hydrogen-bond acceptors (Lipinski definition) is 12. The van der Waals surface area contributed by atoms with Crippen molar-refractivity contribution in [2.45, 2.75) is 39.3 Å². The van der Waals surface area contributed by atoms with E-state index in [0.29, 0.717) is 41.7 Å². The van der Waals surface area contributed by atoms with Crippen LogP contribution in [0.15, 0.2) is 59.0 Å². The van der Waals surface area contributed by atoms with Gasteiger partial charge in [0.1, 0.15) is 6.33 Å². The molecule has 1 amide bonds. The highest BCUT2D eigenvalue weighted by atomic mass is 16.5. The van der Waals surface area contributed by atoms with Gasteiger partial charge in [0.25, 0.3) is 6.23 Å². The van der Waals surface area contributed by atoms with Gasteiger partial charge >= 0.3 is 0 Å². The van der Waals surface area contributed by atoms with E-state index in [4.69, 9.17) is 10.1 Å². The van der Waals surface area contributed by atoms with Crippen molar-refractivity contribution in [2.24, 2.45) is 10.2 Å². The number of nitrogens with zero attached hydrogens (tertiary/aromatic N) is 6. The number of carbonyl (C=O) groups excluding carboxylic acids is 2. The van der Waals surface area contributed by atoms with Gasteiger partial charge in [-0.2, -0.15) is 10.1 Å². The average molecular weight is 559 g/mol. The number of azo groups is 1. The third-order valence-electron chi connectivity index (χ3n) is 6.45. The molecule has 0 saturated carbocycles. The van der Waals surface area contributed by atoms with Crippen molar-refractivity contribution in [3.05, 3.63) is 59.9 Å². The summed E-state index contributed by atoms with van der Waals surface area (Å²) in [6, 6.07) is 12.4. The van der Waals surface area contributed by atoms with Gasteiger partial charge in [-0.05, 0) is 67.5 Å². The van der Waals surface area contributed by atoms with Crippen LogP contribution in [-0.4, -0.2) is 70.3 Å². The van der Waals surface area contributed by atoms with Gasteiger partial charge in [-0.15, -0.1) is 5.11 Å². The van der Waals surface area contributed by atoms with Crippen molar-refractivity contribution >= 4 is 47.0 Å². The first-order valence-electron chi connectivity index (χ1n) is 13.5. The highest BCUT2D eigenvalue weighted by molar-refractivity contribution is 5.99. The van der Waals surface area contributed by atoms with Gasteiger partial charge in [0.15, 0.2) is 6.40 Å². The summed E-state index contributed by atoms with van der Waals surface area (Å²) >= 11 is 0. The van der Waals surface area contributed by atoms with Crippen LogP contribution >= 0.6 is 0 Å². The molecule has 0 radical (unpaired) electrons. The van der Waals surface area contributed by atoms with E-state index in [0.717, 1.165) is 43.9 Å². The normalized spacial score (nSPS) is 13.1. The maximum Gasteiger partial charge on any atom is 0.268 e. The second-order valence-corrected chi connectivity index (χ2v) is 9.29. The molecule has 4 N–H and O–H groups in total. The van der Waals surface area contributed by atoms with Crippen LogP contribution in [-0.2, 0) is 27.2 Å². The number of amides is 1. The van der Waals surface area contributed by atoms with E-state index in [9.17, 15) is 9.59 Å². The minimum Gasteiger partial charge on any atom is -0.450 e. The Labute approximate surface area is 238 Å². The number of aromatic nitrogens is 3. The third kappa shape index (κ3) is 8.60. The first-order valence-corrected chi connectivity index (χ1v) is 13.5. The van der Waals surface area contributed by atoms with Crippen LogP contribution in [0.5, 0.6) is 0 Å². The molecular weight excluding hydrogens is 524 g/mol. The molecule has 0 aliphatic carbocycles.